The van der Waals surface area contributed by atoms with Gasteiger partial charge in [-0.05, 0) is 30.3 Å². The number of carbonyl (C=O) groups is 1. The summed E-state index contributed by atoms with van der Waals surface area (Å²) in [4.78, 5) is 30.2. The van der Waals surface area contributed by atoms with Crippen LogP contribution in [-0.4, -0.2) is 33.1 Å². The molecule has 1 aliphatic carbocycles. The average Bonchev–Trinajstić information content (AvgIpc) is 2.62. The van der Waals surface area contributed by atoms with Gasteiger partial charge < -0.3 is 5.11 Å². The number of carboxylic acid groups (broad SMARTS) is 1. The minimum absolute atomic E-state index is 0.0143. The van der Waals surface area contributed by atoms with Crippen LogP contribution in [0.25, 0.3) is 11.0 Å². The normalized spacial score (nSPS) is 20.6. The Bertz CT molecular complexity index is 1160. The lowest BCUT2D eigenvalue weighted by Crippen LogP contribution is -2.44. The number of aromatic carboxylic acids is 1. The zero-order chi connectivity index (χ0) is 17.0. The molecule has 5 rings (SSSR count). The summed E-state index contributed by atoms with van der Waals surface area (Å²) < 4.78 is 0. The van der Waals surface area contributed by atoms with Crippen LogP contribution in [-0.2, 0) is 12.8 Å². The third kappa shape index (κ3) is 2.29. The highest BCUT2D eigenvalue weighted by Gasteiger charge is 2.31. The average molecular weight is 330 g/mol. The van der Waals surface area contributed by atoms with Gasteiger partial charge in [0, 0.05) is 12.8 Å². The fourth-order valence-corrected chi connectivity index (χ4v) is 3.56. The van der Waals surface area contributed by atoms with E-state index in [4.69, 9.17) is 25.1 Å². The summed E-state index contributed by atoms with van der Waals surface area (Å²) in [7, 11) is 0. The molecule has 1 N–H and O–H groups in total. The maximum atomic E-state index is 11.2. The van der Waals surface area contributed by atoms with Crippen molar-refractivity contribution in [2.24, 2.45) is 9.98 Å². The molecule has 0 saturated carbocycles. The van der Waals surface area contributed by atoms with Crippen molar-refractivity contribution in [3.8, 4) is 0 Å². The lowest BCUT2D eigenvalue weighted by molar-refractivity contribution is 0.0696. The molecule has 3 aromatic rings. The van der Waals surface area contributed by atoms with Gasteiger partial charge in [0.2, 0.25) is 0 Å². The number of para-hydroxylation sites is 2. The van der Waals surface area contributed by atoms with E-state index in [9.17, 15) is 4.79 Å². The second-order valence-corrected chi connectivity index (χ2v) is 6.42. The molecule has 0 spiro atoms. The molecule has 0 amide bonds. The fraction of sp³-hybridized carbons (Fsp3) is 0.211. The first kappa shape index (κ1) is 14.2. The minimum Gasteiger partial charge on any atom is -0.478 e. The molecule has 6 nitrogen and oxygen atoms in total. The number of hydrogen-bond donors (Lipinski definition) is 1. The van der Waals surface area contributed by atoms with Crippen LogP contribution in [0.3, 0.4) is 0 Å². The van der Waals surface area contributed by atoms with Crippen LogP contribution in [0.4, 0.5) is 0 Å². The Balaban J connectivity index is 1.61. The molecule has 0 fully saturated rings. The molecule has 2 aliphatic rings. The standard InChI is InChI=1S/C19H14N4O2/c24-19(25)10-5-6-13-14(7-10)23-18-9-16-15(8-17(18)22-13)20-11-3-1-2-4-12(11)21-16/h1-7,17-18H,8-9H2,(H,24,25). The van der Waals surface area contributed by atoms with Gasteiger partial charge in [-0.2, -0.15) is 0 Å². The maximum Gasteiger partial charge on any atom is 0.335 e. The third-order valence-corrected chi connectivity index (χ3v) is 4.81. The number of carboxylic acids is 1. The zero-order valence-corrected chi connectivity index (χ0v) is 13.3. The van der Waals surface area contributed by atoms with Crippen LogP contribution < -0.4 is 10.7 Å². The van der Waals surface area contributed by atoms with Crippen molar-refractivity contribution >= 4 is 17.0 Å². The molecule has 0 saturated heterocycles. The lowest BCUT2D eigenvalue weighted by Gasteiger charge is -2.28. The smallest absolute Gasteiger partial charge is 0.335 e. The summed E-state index contributed by atoms with van der Waals surface area (Å²) in [6.07, 6.45) is 1.39. The Morgan fingerprint density at radius 3 is 2.08 bits per heavy atom. The van der Waals surface area contributed by atoms with Crippen molar-refractivity contribution in [2.45, 2.75) is 24.9 Å². The number of fused-ring (bicyclic) bond motifs is 4. The predicted molar refractivity (Wildman–Crippen MR) is 90.2 cm³/mol. The van der Waals surface area contributed by atoms with Gasteiger partial charge in [-0.1, -0.05) is 12.1 Å². The van der Waals surface area contributed by atoms with E-state index in [0.29, 0.717) is 18.2 Å². The van der Waals surface area contributed by atoms with E-state index in [-0.39, 0.29) is 17.6 Å². The molecule has 25 heavy (non-hydrogen) atoms. The van der Waals surface area contributed by atoms with Gasteiger partial charge in [-0.25, -0.2) is 14.8 Å². The Hall–Kier alpha value is -3.15. The largest absolute Gasteiger partial charge is 0.478 e. The fourth-order valence-electron chi connectivity index (χ4n) is 3.56. The van der Waals surface area contributed by atoms with Gasteiger partial charge in [0.05, 0.1) is 50.8 Å². The van der Waals surface area contributed by atoms with Crippen molar-refractivity contribution in [3.05, 3.63) is 70.1 Å². The summed E-state index contributed by atoms with van der Waals surface area (Å²) in [6, 6.07) is 12.8. The van der Waals surface area contributed by atoms with E-state index in [0.717, 1.165) is 27.8 Å². The lowest BCUT2D eigenvalue weighted by atomic mass is 9.90. The number of nitrogens with zero attached hydrogens (tertiary/aromatic N) is 4. The van der Waals surface area contributed by atoms with Crippen molar-refractivity contribution in [2.75, 3.05) is 0 Å². The van der Waals surface area contributed by atoms with Gasteiger partial charge in [0.1, 0.15) is 0 Å². The molecule has 2 atom stereocenters. The third-order valence-electron chi connectivity index (χ3n) is 4.81. The summed E-state index contributed by atoms with van der Waals surface area (Å²) in [6.45, 7) is 0. The monoisotopic (exact) mass is 330 g/mol. The molecule has 2 heterocycles. The van der Waals surface area contributed by atoms with Crippen molar-refractivity contribution in [1.29, 1.82) is 0 Å². The molecule has 1 aromatic heterocycles. The molecule has 0 radical (unpaired) electrons. The molecule has 122 valence electrons. The predicted octanol–water partition coefficient (Wildman–Crippen LogP) is 1.12. The molecule has 2 aromatic carbocycles. The number of aromatic nitrogens is 2. The van der Waals surface area contributed by atoms with Crippen molar-refractivity contribution in [1.82, 2.24) is 9.97 Å². The van der Waals surface area contributed by atoms with Gasteiger partial charge in [0.15, 0.2) is 0 Å². The molecular weight excluding hydrogens is 316 g/mol. The first-order chi connectivity index (χ1) is 12.2. The number of rotatable bonds is 1. The van der Waals surface area contributed by atoms with E-state index < -0.39 is 5.97 Å². The minimum atomic E-state index is -0.952. The van der Waals surface area contributed by atoms with Crippen LogP contribution in [0.5, 0.6) is 0 Å². The SMILES string of the molecule is O=C(O)c1ccc2c(c1)=NC1Cc3nc4ccccc4nc3CC1N=2. The summed E-state index contributed by atoms with van der Waals surface area (Å²) in [5.74, 6) is -0.952. The van der Waals surface area contributed by atoms with E-state index in [1.54, 1.807) is 18.2 Å². The van der Waals surface area contributed by atoms with Gasteiger partial charge >= 0.3 is 5.97 Å². The van der Waals surface area contributed by atoms with Crippen LogP contribution in [0.15, 0.2) is 52.4 Å². The van der Waals surface area contributed by atoms with Crippen molar-refractivity contribution < 1.29 is 9.90 Å². The van der Waals surface area contributed by atoms with Gasteiger partial charge in [-0.15, -0.1) is 0 Å². The van der Waals surface area contributed by atoms with Gasteiger partial charge in [0.25, 0.3) is 0 Å². The highest BCUT2D eigenvalue weighted by atomic mass is 16.4. The van der Waals surface area contributed by atoms with Crippen molar-refractivity contribution in [3.63, 3.8) is 0 Å². The molecule has 6 heteroatoms. The van der Waals surface area contributed by atoms with Gasteiger partial charge in [-0.3, -0.25) is 9.98 Å². The Morgan fingerprint density at radius 2 is 1.48 bits per heavy atom. The maximum absolute atomic E-state index is 11.2. The Morgan fingerprint density at radius 1 is 0.880 bits per heavy atom. The van der Waals surface area contributed by atoms with Crippen LogP contribution >= 0.6 is 0 Å². The molecule has 2 unspecified atom stereocenters. The topological polar surface area (TPSA) is 87.8 Å². The second-order valence-electron chi connectivity index (χ2n) is 6.42. The Labute approximate surface area is 142 Å². The highest BCUT2D eigenvalue weighted by molar-refractivity contribution is 5.87. The summed E-state index contributed by atoms with van der Waals surface area (Å²) in [5.41, 5.74) is 3.99. The number of hydrogen-bond acceptors (Lipinski definition) is 5. The zero-order valence-electron chi connectivity index (χ0n) is 13.3. The second kappa shape index (κ2) is 5.17. The van der Waals surface area contributed by atoms with E-state index >= 15 is 0 Å². The van der Waals surface area contributed by atoms with Crippen LogP contribution in [0, 0.1) is 0 Å². The Kier molecular flexibility index (Phi) is 2.94. The highest BCUT2D eigenvalue weighted by Crippen LogP contribution is 2.25. The molecule has 1 aliphatic heterocycles. The van der Waals surface area contributed by atoms with E-state index in [2.05, 4.69) is 0 Å². The van der Waals surface area contributed by atoms with Crippen LogP contribution in [0.2, 0.25) is 0 Å². The molecular formula is C19H14N4O2. The first-order valence-corrected chi connectivity index (χ1v) is 8.21. The van der Waals surface area contributed by atoms with Crippen LogP contribution in [0.1, 0.15) is 21.7 Å². The quantitative estimate of drug-likeness (QED) is 0.724. The molecule has 0 bridgehead atoms. The summed E-state index contributed by atoms with van der Waals surface area (Å²) >= 11 is 0. The summed E-state index contributed by atoms with van der Waals surface area (Å²) in [5, 5.41) is 10.6. The van der Waals surface area contributed by atoms with E-state index in [1.807, 2.05) is 24.3 Å². The van der Waals surface area contributed by atoms with E-state index in [1.165, 1.54) is 0 Å². The first-order valence-electron chi connectivity index (χ1n) is 8.21. The number of benzene rings is 2.